The summed E-state index contributed by atoms with van der Waals surface area (Å²) in [4.78, 5) is 15.7. The fourth-order valence-corrected chi connectivity index (χ4v) is 1.61. The molecule has 0 aromatic carbocycles. The molecule has 0 bridgehead atoms. The number of hydrogen-bond acceptors (Lipinski definition) is 4. The summed E-state index contributed by atoms with van der Waals surface area (Å²) in [6.07, 6.45) is 3.10. The van der Waals surface area contributed by atoms with E-state index < -0.39 is 7.12 Å². The highest BCUT2D eigenvalue weighted by Gasteiger charge is 2.39. The third kappa shape index (κ3) is 2.77. The second-order valence-electron chi connectivity index (χ2n) is 4.50. The molecule has 17 heavy (non-hydrogen) atoms. The highest BCUT2D eigenvalue weighted by molar-refractivity contribution is 6.58. The summed E-state index contributed by atoms with van der Waals surface area (Å²) in [7, 11) is -1.66. The quantitative estimate of drug-likeness (QED) is 0.511. The van der Waals surface area contributed by atoms with Crippen LogP contribution in [0.4, 0.5) is 0 Å². The van der Waals surface area contributed by atoms with Crippen LogP contribution in [-0.2, 0) is 0 Å². The predicted octanol–water partition coefficient (Wildman–Crippen LogP) is -0.303. The lowest BCUT2D eigenvalue weighted by atomic mass is 9.81. The minimum atomic E-state index is -1.66. The van der Waals surface area contributed by atoms with Crippen molar-refractivity contribution >= 4 is 30.1 Å². The lowest BCUT2D eigenvalue weighted by Crippen LogP contribution is -2.36. The number of nitrogens with zero attached hydrogens (tertiary/aromatic N) is 1. The highest BCUT2D eigenvalue weighted by atomic mass is 35.5. The first-order chi connectivity index (χ1) is 7.91. The SMILES string of the molecule is CC1(NC(=O)c2cc(B(O)O)cnc2Cl)CC1. The number of carbonyl (C=O) groups is 1. The van der Waals surface area contributed by atoms with Crippen molar-refractivity contribution in [3.8, 4) is 0 Å². The van der Waals surface area contributed by atoms with E-state index in [0.29, 0.717) is 0 Å². The van der Waals surface area contributed by atoms with Gasteiger partial charge in [0.15, 0.2) is 0 Å². The van der Waals surface area contributed by atoms with Crippen LogP contribution >= 0.6 is 11.6 Å². The molecule has 0 atom stereocenters. The Hall–Kier alpha value is -1.11. The fourth-order valence-electron chi connectivity index (χ4n) is 1.42. The van der Waals surface area contributed by atoms with Crippen LogP contribution in [0, 0.1) is 0 Å². The average molecular weight is 254 g/mol. The van der Waals surface area contributed by atoms with E-state index in [1.807, 2.05) is 6.92 Å². The van der Waals surface area contributed by atoms with E-state index in [4.69, 9.17) is 21.6 Å². The Kier molecular flexibility index (Phi) is 3.12. The molecule has 1 aliphatic rings. The maximum absolute atomic E-state index is 11.9. The summed E-state index contributed by atoms with van der Waals surface area (Å²) in [6.45, 7) is 1.94. The molecule has 0 spiro atoms. The minimum Gasteiger partial charge on any atom is -0.423 e. The minimum absolute atomic E-state index is 0.0520. The van der Waals surface area contributed by atoms with E-state index in [1.54, 1.807) is 0 Å². The zero-order valence-electron chi connectivity index (χ0n) is 9.27. The van der Waals surface area contributed by atoms with Crippen molar-refractivity contribution in [2.24, 2.45) is 0 Å². The van der Waals surface area contributed by atoms with Crippen LogP contribution in [0.15, 0.2) is 12.3 Å². The molecule has 2 rings (SSSR count). The van der Waals surface area contributed by atoms with Crippen LogP contribution in [-0.4, -0.2) is 33.6 Å². The summed E-state index contributed by atoms with van der Waals surface area (Å²) in [5.41, 5.74) is 0.139. The summed E-state index contributed by atoms with van der Waals surface area (Å²) < 4.78 is 0. The van der Waals surface area contributed by atoms with Gasteiger partial charge in [-0.25, -0.2) is 4.98 Å². The van der Waals surface area contributed by atoms with Crippen molar-refractivity contribution in [3.63, 3.8) is 0 Å². The monoisotopic (exact) mass is 254 g/mol. The topological polar surface area (TPSA) is 82.5 Å². The van der Waals surface area contributed by atoms with Gasteiger partial charge in [0.1, 0.15) is 5.15 Å². The zero-order chi connectivity index (χ0) is 12.6. The molecular weight excluding hydrogens is 242 g/mol. The largest absolute Gasteiger partial charge is 0.490 e. The number of nitrogens with one attached hydrogen (secondary N) is 1. The first-order valence-electron chi connectivity index (χ1n) is 5.25. The number of rotatable bonds is 3. The second-order valence-corrected chi connectivity index (χ2v) is 4.85. The van der Waals surface area contributed by atoms with Gasteiger partial charge in [-0.1, -0.05) is 11.6 Å². The molecule has 0 saturated heterocycles. The Labute approximate surface area is 104 Å². The molecule has 5 nitrogen and oxygen atoms in total. The third-order valence-corrected chi connectivity index (χ3v) is 3.12. The molecule has 1 aromatic heterocycles. The van der Waals surface area contributed by atoms with Gasteiger partial charge in [0.05, 0.1) is 5.56 Å². The van der Waals surface area contributed by atoms with Crippen molar-refractivity contribution in [3.05, 3.63) is 23.0 Å². The Balaban J connectivity index is 2.24. The third-order valence-electron chi connectivity index (χ3n) is 2.82. The molecule has 1 fully saturated rings. The van der Waals surface area contributed by atoms with E-state index in [9.17, 15) is 4.79 Å². The van der Waals surface area contributed by atoms with Crippen molar-refractivity contribution in [1.29, 1.82) is 0 Å². The van der Waals surface area contributed by atoms with Gasteiger partial charge >= 0.3 is 7.12 Å². The maximum Gasteiger partial charge on any atom is 0.490 e. The smallest absolute Gasteiger partial charge is 0.423 e. The van der Waals surface area contributed by atoms with Gasteiger partial charge in [0.2, 0.25) is 0 Å². The molecule has 7 heteroatoms. The Morgan fingerprint density at radius 2 is 2.24 bits per heavy atom. The predicted molar refractivity (Wildman–Crippen MR) is 64.2 cm³/mol. The average Bonchev–Trinajstić information content (AvgIpc) is 2.96. The van der Waals surface area contributed by atoms with Gasteiger partial charge < -0.3 is 15.4 Å². The fraction of sp³-hybridized carbons (Fsp3) is 0.400. The summed E-state index contributed by atoms with van der Waals surface area (Å²) in [5, 5.41) is 20.9. The Morgan fingerprint density at radius 3 is 2.76 bits per heavy atom. The van der Waals surface area contributed by atoms with Gasteiger partial charge in [0.25, 0.3) is 5.91 Å². The Bertz CT molecular complexity index is 463. The molecule has 1 amide bonds. The molecule has 0 unspecified atom stereocenters. The normalized spacial score (nSPS) is 16.5. The molecule has 90 valence electrons. The van der Waals surface area contributed by atoms with Gasteiger partial charge in [-0.3, -0.25) is 4.79 Å². The lowest BCUT2D eigenvalue weighted by Gasteiger charge is -2.12. The van der Waals surface area contributed by atoms with Crippen LogP contribution in [0.5, 0.6) is 0 Å². The van der Waals surface area contributed by atoms with E-state index in [0.717, 1.165) is 12.8 Å². The number of halogens is 1. The van der Waals surface area contributed by atoms with Crippen LogP contribution in [0.2, 0.25) is 5.15 Å². The first kappa shape index (κ1) is 12.4. The van der Waals surface area contributed by atoms with E-state index in [2.05, 4.69) is 10.3 Å². The van der Waals surface area contributed by atoms with Gasteiger partial charge in [0, 0.05) is 17.2 Å². The van der Waals surface area contributed by atoms with Gasteiger partial charge in [-0.15, -0.1) is 0 Å². The maximum atomic E-state index is 11.9. The summed E-state index contributed by atoms with van der Waals surface area (Å²) in [5.74, 6) is -0.343. The van der Waals surface area contributed by atoms with E-state index in [1.165, 1.54) is 12.3 Å². The van der Waals surface area contributed by atoms with Crippen molar-refractivity contribution in [2.75, 3.05) is 0 Å². The standard InChI is InChI=1S/C10H12BClN2O3/c1-10(2-3-10)14-9(15)7-4-6(11(16)17)5-13-8(7)12/h4-5,16-17H,2-3H2,1H3,(H,14,15). The van der Waals surface area contributed by atoms with E-state index >= 15 is 0 Å². The number of amides is 1. The van der Waals surface area contributed by atoms with Crippen LogP contribution < -0.4 is 10.8 Å². The molecule has 0 aliphatic heterocycles. The lowest BCUT2D eigenvalue weighted by molar-refractivity contribution is 0.0935. The molecular formula is C10H12BClN2O3. The van der Waals surface area contributed by atoms with Crippen molar-refractivity contribution in [1.82, 2.24) is 10.3 Å². The van der Waals surface area contributed by atoms with Gasteiger partial charge in [-0.2, -0.15) is 0 Å². The van der Waals surface area contributed by atoms with Gasteiger partial charge in [-0.05, 0) is 25.8 Å². The molecule has 1 aromatic rings. The zero-order valence-corrected chi connectivity index (χ0v) is 10.0. The summed E-state index contributed by atoms with van der Waals surface area (Å²) in [6, 6.07) is 1.33. The molecule has 3 N–H and O–H groups in total. The highest BCUT2D eigenvalue weighted by Crippen LogP contribution is 2.34. The van der Waals surface area contributed by atoms with E-state index in [-0.39, 0.29) is 27.6 Å². The van der Waals surface area contributed by atoms with Crippen molar-refractivity contribution < 1.29 is 14.8 Å². The second kappa shape index (κ2) is 4.29. The Morgan fingerprint density at radius 1 is 1.59 bits per heavy atom. The molecule has 0 radical (unpaired) electrons. The number of carbonyl (C=O) groups excluding carboxylic acids is 1. The molecule has 1 saturated carbocycles. The first-order valence-corrected chi connectivity index (χ1v) is 5.63. The molecule has 1 aliphatic carbocycles. The number of hydrogen-bond donors (Lipinski definition) is 3. The van der Waals surface area contributed by atoms with Crippen LogP contribution in [0.3, 0.4) is 0 Å². The number of pyridine rings is 1. The molecule has 1 heterocycles. The summed E-state index contributed by atoms with van der Waals surface area (Å²) >= 11 is 5.81. The number of aromatic nitrogens is 1. The van der Waals surface area contributed by atoms with Crippen molar-refractivity contribution in [2.45, 2.75) is 25.3 Å². The van der Waals surface area contributed by atoms with Crippen LogP contribution in [0.1, 0.15) is 30.1 Å². The van der Waals surface area contributed by atoms with Crippen LogP contribution in [0.25, 0.3) is 0 Å².